The molecule has 1 N–H and O–H groups in total. The van der Waals surface area contributed by atoms with E-state index in [0.29, 0.717) is 24.9 Å². The molecule has 2 saturated heterocycles. The molecule has 116 valence electrons. The van der Waals surface area contributed by atoms with Gasteiger partial charge in [-0.3, -0.25) is 9.59 Å². The minimum atomic E-state index is -1.96. The highest BCUT2D eigenvalue weighted by molar-refractivity contribution is 6.76. The summed E-state index contributed by atoms with van der Waals surface area (Å²) in [6.07, 6.45) is 7.74. The van der Waals surface area contributed by atoms with Gasteiger partial charge in [-0.2, -0.15) is 0 Å². The average Bonchev–Trinajstić information content (AvgIpc) is 2.42. The Balaban J connectivity index is 1.75. The lowest BCUT2D eigenvalue weighted by Gasteiger charge is -2.50. The average molecular weight is 352 g/mol. The minimum Gasteiger partial charge on any atom is -0.346 e. The zero-order valence-electron chi connectivity index (χ0n) is 11.4. The zero-order chi connectivity index (χ0) is 15.2. The zero-order valence-corrected chi connectivity index (χ0v) is 13.7. The number of amides is 2. The number of hydrogen-bond donors (Lipinski definition) is 1. The molecule has 4 nitrogen and oxygen atoms in total. The van der Waals surface area contributed by atoms with Crippen LogP contribution in [0, 0.1) is 11.8 Å². The molecule has 0 radical (unpaired) electrons. The molecule has 1 aliphatic carbocycles. The van der Waals surface area contributed by atoms with Gasteiger partial charge in [-0.1, -0.05) is 47.0 Å². The number of halogens is 3. The van der Waals surface area contributed by atoms with Crippen molar-refractivity contribution in [3.63, 3.8) is 0 Å². The summed E-state index contributed by atoms with van der Waals surface area (Å²) in [5.74, 6) is 0.180. The molecule has 0 spiro atoms. The fraction of sp³-hybridized carbons (Fsp3) is 0.714. The summed E-state index contributed by atoms with van der Waals surface area (Å²) in [4.78, 5) is 25.9. The maximum atomic E-state index is 12.1. The van der Waals surface area contributed by atoms with Crippen LogP contribution in [-0.2, 0) is 9.59 Å². The normalized spacial score (nSPS) is 35.4. The van der Waals surface area contributed by atoms with Gasteiger partial charge < -0.3 is 10.2 Å². The lowest BCUT2D eigenvalue weighted by molar-refractivity contribution is -0.141. The van der Waals surface area contributed by atoms with Crippen molar-refractivity contribution >= 4 is 46.6 Å². The van der Waals surface area contributed by atoms with Crippen molar-refractivity contribution in [3.05, 3.63) is 12.2 Å². The minimum absolute atomic E-state index is 0.181. The standard InChI is InChI=1S/C14H17Cl3N2O2/c15-14(16,17)13(21)18-10-5-4-8-6-9(10)7-19-11(8)2-1-3-12(19)20/h4-5,8-11H,1-3,6-7H2,(H,18,21)/t8-,9+,10-,11-/m1/s1. The number of nitrogens with one attached hydrogen (secondary N) is 1. The number of fused-ring (bicyclic) bond motifs is 4. The van der Waals surface area contributed by atoms with Crippen molar-refractivity contribution in [2.75, 3.05) is 6.54 Å². The van der Waals surface area contributed by atoms with Crippen LogP contribution in [0.15, 0.2) is 12.2 Å². The summed E-state index contributed by atoms with van der Waals surface area (Å²) in [7, 11) is 0. The Kier molecular flexibility index (Phi) is 4.15. The van der Waals surface area contributed by atoms with Crippen LogP contribution in [0.5, 0.6) is 0 Å². The predicted molar refractivity (Wildman–Crippen MR) is 82.3 cm³/mol. The maximum absolute atomic E-state index is 12.1. The third-order valence-corrected chi connectivity index (χ3v) is 5.26. The van der Waals surface area contributed by atoms with Crippen molar-refractivity contribution in [2.45, 2.75) is 41.6 Å². The van der Waals surface area contributed by atoms with Crippen LogP contribution in [0.1, 0.15) is 25.7 Å². The summed E-state index contributed by atoms with van der Waals surface area (Å²) < 4.78 is -1.96. The second-order valence-electron chi connectivity index (χ2n) is 6.05. The molecule has 0 aromatic rings. The number of hydrogen-bond acceptors (Lipinski definition) is 2. The van der Waals surface area contributed by atoms with Gasteiger partial charge in [-0.15, -0.1) is 0 Å². The highest BCUT2D eigenvalue weighted by atomic mass is 35.6. The molecule has 2 amide bonds. The Morgan fingerprint density at radius 3 is 2.81 bits per heavy atom. The molecule has 2 heterocycles. The van der Waals surface area contributed by atoms with Crippen molar-refractivity contribution in [1.82, 2.24) is 10.2 Å². The lowest BCUT2D eigenvalue weighted by Crippen LogP contribution is -2.59. The second-order valence-corrected chi connectivity index (χ2v) is 8.33. The molecule has 0 aromatic heterocycles. The number of nitrogens with zero attached hydrogens (tertiary/aromatic N) is 1. The highest BCUT2D eigenvalue weighted by Gasteiger charge is 2.44. The summed E-state index contributed by atoms with van der Waals surface area (Å²) in [5.41, 5.74) is 0. The van der Waals surface area contributed by atoms with Gasteiger partial charge in [-0.25, -0.2) is 0 Å². The molecule has 2 aliphatic heterocycles. The van der Waals surface area contributed by atoms with Gasteiger partial charge in [0.1, 0.15) is 0 Å². The Hall–Kier alpha value is -0.450. The van der Waals surface area contributed by atoms with Gasteiger partial charge in [0.05, 0.1) is 6.04 Å². The largest absolute Gasteiger partial charge is 0.346 e. The Labute approximate surface area is 138 Å². The van der Waals surface area contributed by atoms with E-state index in [1.807, 2.05) is 11.0 Å². The van der Waals surface area contributed by atoms with Gasteiger partial charge in [0, 0.05) is 24.9 Å². The molecule has 3 rings (SSSR count). The van der Waals surface area contributed by atoms with E-state index in [-0.39, 0.29) is 17.9 Å². The first kappa shape index (κ1) is 15.4. The SMILES string of the molecule is O=C1CCC[C@@H]2[C@@H]3C=C[C@@H](NC(=O)C(Cl)(Cl)Cl)[C@@H](C3)CN12. The number of piperidine rings is 2. The number of rotatable bonds is 1. The number of alkyl halides is 3. The molecular weight excluding hydrogens is 335 g/mol. The van der Waals surface area contributed by atoms with Gasteiger partial charge in [0.2, 0.25) is 5.91 Å². The molecule has 0 aromatic carbocycles. The summed E-state index contributed by atoms with van der Waals surface area (Å²) in [6.45, 7) is 0.676. The van der Waals surface area contributed by atoms with Crippen LogP contribution in [-0.4, -0.2) is 39.1 Å². The van der Waals surface area contributed by atoms with Gasteiger partial charge >= 0.3 is 0 Å². The fourth-order valence-corrected chi connectivity index (χ4v) is 3.91. The van der Waals surface area contributed by atoms with Crippen LogP contribution >= 0.6 is 34.8 Å². The van der Waals surface area contributed by atoms with Crippen molar-refractivity contribution in [3.8, 4) is 0 Å². The van der Waals surface area contributed by atoms with Crippen LogP contribution in [0.2, 0.25) is 0 Å². The molecule has 21 heavy (non-hydrogen) atoms. The van der Waals surface area contributed by atoms with E-state index < -0.39 is 9.70 Å². The van der Waals surface area contributed by atoms with Crippen molar-refractivity contribution in [1.29, 1.82) is 0 Å². The van der Waals surface area contributed by atoms with Gasteiger partial charge in [0.25, 0.3) is 9.70 Å². The molecule has 7 heteroatoms. The van der Waals surface area contributed by atoms with Crippen LogP contribution in [0.3, 0.4) is 0 Å². The first-order chi connectivity index (χ1) is 9.86. The molecule has 3 aliphatic rings. The molecule has 4 atom stereocenters. The predicted octanol–water partition coefficient (Wildman–Crippen LogP) is 2.43. The number of carbonyl (C=O) groups is 2. The summed E-state index contributed by atoms with van der Waals surface area (Å²) in [5, 5.41) is 2.77. The van der Waals surface area contributed by atoms with Gasteiger partial charge in [0.15, 0.2) is 0 Å². The van der Waals surface area contributed by atoms with Gasteiger partial charge in [-0.05, 0) is 25.2 Å². The topological polar surface area (TPSA) is 49.4 Å². The monoisotopic (exact) mass is 350 g/mol. The van der Waals surface area contributed by atoms with Crippen LogP contribution in [0.25, 0.3) is 0 Å². The van der Waals surface area contributed by atoms with Crippen molar-refractivity contribution in [2.24, 2.45) is 11.8 Å². The molecule has 2 fully saturated rings. The van der Waals surface area contributed by atoms with E-state index in [1.54, 1.807) is 0 Å². The highest BCUT2D eigenvalue weighted by Crippen LogP contribution is 2.39. The fourth-order valence-electron chi connectivity index (χ4n) is 3.75. The third kappa shape index (κ3) is 3.03. The van der Waals surface area contributed by atoms with E-state index >= 15 is 0 Å². The second kappa shape index (κ2) is 5.64. The van der Waals surface area contributed by atoms with E-state index in [9.17, 15) is 9.59 Å². The Morgan fingerprint density at radius 2 is 2.10 bits per heavy atom. The number of carbonyl (C=O) groups excluding carboxylic acids is 2. The molecule has 0 unspecified atom stereocenters. The van der Waals surface area contributed by atoms with E-state index in [1.165, 1.54) is 0 Å². The Bertz CT molecular complexity index is 489. The summed E-state index contributed by atoms with van der Waals surface area (Å²) in [6, 6.07) is 0.142. The van der Waals surface area contributed by atoms with E-state index in [4.69, 9.17) is 34.8 Å². The van der Waals surface area contributed by atoms with E-state index in [0.717, 1.165) is 19.3 Å². The van der Waals surface area contributed by atoms with E-state index in [2.05, 4.69) is 11.4 Å². The first-order valence-corrected chi connectivity index (χ1v) is 8.35. The molecule has 2 bridgehead atoms. The lowest BCUT2D eigenvalue weighted by atomic mass is 9.73. The third-order valence-electron chi connectivity index (χ3n) is 4.74. The van der Waals surface area contributed by atoms with Crippen LogP contribution < -0.4 is 5.32 Å². The smallest absolute Gasteiger partial charge is 0.272 e. The maximum Gasteiger partial charge on any atom is 0.272 e. The Morgan fingerprint density at radius 1 is 1.33 bits per heavy atom. The first-order valence-electron chi connectivity index (χ1n) is 7.22. The molecular formula is C14H17Cl3N2O2. The van der Waals surface area contributed by atoms with Crippen LogP contribution in [0.4, 0.5) is 0 Å². The summed E-state index contributed by atoms with van der Waals surface area (Å²) >= 11 is 16.8. The van der Waals surface area contributed by atoms with Crippen molar-refractivity contribution < 1.29 is 9.59 Å². The molecule has 0 saturated carbocycles. The quantitative estimate of drug-likeness (QED) is 0.583.